The Bertz CT molecular complexity index is 790. The Morgan fingerprint density at radius 1 is 1.20 bits per heavy atom. The van der Waals surface area contributed by atoms with Crippen LogP contribution >= 0.6 is 11.6 Å². The summed E-state index contributed by atoms with van der Waals surface area (Å²) in [7, 11) is 1.57. The third-order valence-electron chi connectivity index (χ3n) is 4.21. The topological polar surface area (TPSA) is 38.3 Å². The summed E-state index contributed by atoms with van der Waals surface area (Å²) in [5, 5.41) is 2.15. The number of amides is 1. The number of hydrogen-bond acceptors (Lipinski definition) is 2. The van der Waals surface area contributed by atoms with E-state index in [1.807, 2.05) is 24.3 Å². The molecule has 1 amide bonds. The molecule has 7 heteroatoms. The van der Waals surface area contributed by atoms with Crippen LogP contribution in [0.15, 0.2) is 42.5 Å². The van der Waals surface area contributed by atoms with E-state index < -0.39 is 16.8 Å². The van der Waals surface area contributed by atoms with Crippen LogP contribution in [-0.2, 0) is 11.0 Å². The van der Waals surface area contributed by atoms with Crippen molar-refractivity contribution in [2.75, 3.05) is 12.4 Å². The molecule has 2 atom stereocenters. The molecule has 0 saturated heterocycles. The van der Waals surface area contributed by atoms with E-state index >= 15 is 0 Å². The van der Waals surface area contributed by atoms with Crippen molar-refractivity contribution in [3.8, 4) is 5.75 Å². The third-order valence-corrected chi connectivity index (χ3v) is 4.54. The molecule has 2 aromatic carbocycles. The number of nitrogens with one attached hydrogen (secondary N) is 1. The van der Waals surface area contributed by atoms with E-state index in [9.17, 15) is 18.0 Å². The van der Waals surface area contributed by atoms with Crippen molar-refractivity contribution in [3.63, 3.8) is 0 Å². The van der Waals surface area contributed by atoms with E-state index in [0.29, 0.717) is 6.42 Å². The molecular weight excluding hydrogens is 355 g/mol. The summed E-state index contributed by atoms with van der Waals surface area (Å²) < 4.78 is 43.7. The molecule has 1 fully saturated rings. The van der Waals surface area contributed by atoms with Gasteiger partial charge in [0.15, 0.2) is 0 Å². The number of carbonyl (C=O) groups is 1. The van der Waals surface area contributed by atoms with E-state index in [4.69, 9.17) is 16.3 Å². The standard InChI is InChI=1S/C18H15ClF3NO2/c1-25-12-5-2-10(3-6-12)13-9-14(13)17(24)23-11-4-7-16(19)15(8-11)18(20,21)22/h2-8,13-14H,9H2,1H3,(H,23,24). The number of halogens is 4. The van der Waals surface area contributed by atoms with Crippen LogP contribution < -0.4 is 10.1 Å². The van der Waals surface area contributed by atoms with Gasteiger partial charge in [-0.15, -0.1) is 0 Å². The van der Waals surface area contributed by atoms with Gasteiger partial charge in [-0.2, -0.15) is 13.2 Å². The van der Waals surface area contributed by atoms with Crippen molar-refractivity contribution in [3.05, 3.63) is 58.6 Å². The normalized spacial score (nSPS) is 19.4. The van der Waals surface area contributed by atoms with Crippen molar-refractivity contribution in [2.45, 2.75) is 18.5 Å². The summed E-state index contributed by atoms with van der Waals surface area (Å²) in [6.07, 6.45) is -3.90. The van der Waals surface area contributed by atoms with Crippen LogP contribution in [0.1, 0.15) is 23.5 Å². The Kier molecular flexibility index (Phi) is 4.64. The maximum absolute atomic E-state index is 12.9. The summed E-state index contributed by atoms with van der Waals surface area (Å²) in [4.78, 5) is 12.3. The van der Waals surface area contributed by atoms with Crippen LogP contribution in [0.4, 0.5) is 18.9 Å². The molecule has 0 aliphatic heterocycles. The molecular formula is C18H15ClF3NO2. The van der Waals surface area contributed by atoms with Gasteiger partial charge in [0.25, 0.3) is 0 Å². The first-order valence-corrected chi connectivity index (χ1v) is 7.99. The summed E-state index contributed by atoms with van der Waals surface area (Å²) in [5.41, 5.74) is 0.129. The van der Waals surface area contributed by atoms with Crippen molar-refractivity contribution in [2.24, 2.45) is 5.92 Å². The largest absolute Gasteiger partial charge is 0.497 e. The van der Waals surface area contributed by atoms with Crippen LogP contribution in [-0.4, -0.2) is 13.0 Å². The van der Waals surface area contributed by atoms with Gasteiger partial charge in [-0.05, 0) is 48.2 Å². The summed E-state index contributed by atoms with van der Waals surface area (Å²) in [6.45, 7) is 0. The van der Waals surface area contributed by atoms with Crippen molar-refractivity contribution >= 4 is 23.2 Å². The predicted molar refractivity (Wildman–Crippen MR) is 88.9 cm³/mol. The van der Waals surface area contributed by atoms with Crippen molar-refractivity contribution in [1.29, 1.82) is 0 Å². The second kappa shape index (κ2) is 6.59. The van der Waals surface area contributed by atoms with Crippen molar-refractivity contribution < 1.29 is 22.7 Å². The average molecular weight is 370 g/mol. The number of methoxy groups -OCH3 is 1. The van der Waals surface area contributed by atoms with E-state index in [-0.39, 0.29) is 23.4 Å². The van der Waals surface area contributed by atoms with Gasteiger partial charge in [-0.25, -0.2) is 0 Å². The predicted octanol–water partition coefficient (Wildman–Crippen LogP) is 5.11. The number of rotatable bonds is 4. The van der Waals surface area contributed by atoms with Gasteiger partial charge in [-0.1, -0.05) is 23.7 Å². The zero-order chi connectivity index (χ0) is 18.2. The summed E-state index contributed by atoms with van der Waals surface area (Å²) in [6, 6.07) is 10.8. The Morgan fingerprint density at radius 2 is 1.88 bits per heavy atom. The zero-order valence-electron chi connectivity index (χ0n) is 13.2. The molecule has 25 heavy (non-hydrogen) atoms. The van der Waals surface area contributed by atoms with Gasteiger partial charge < -0.3 is 10.1 Å². The molecule has 1 aliphatic rings. The van der Waals surface area contributed by atoms with Gasteiger partial charge in [0, 0.05) is 11.6 Å². The quantitative estimate of drug-likeness (QED) is 0.813. The molecule has 2 unspecified atom stereocenters. The minimum Gasteiger partial charge on any atom is -0.497 e. The smallest absolute Gasteiger partial charge is 0.417 e. The maximum atomic E-state index is 12.9. The van der Waals surface area contributed by atoms with Gasteiger partial charge >= 0.3 is 6.18 Å². The zero-order valence-corrected chi connectivity index (χ0v) is 14.0. The first-order chi connectivity index (χ1) is 11.8. The molecule has 2 aromatic rings. The van der Waals surface area contributed by atoms with Gasteiger partial charge in [0.1, 0.15) is 5.75 Å². The first-order valence-electron chi connectivity index (χ1n) is 7.61. The molecule has 1 saturated carbocycles. The fraction of sp³-hybridized carbons (Fsp3) is 0.278. The Morgan fingerprint density at radius 3 is 2.48 bits per heavy atom. The van der Waals surface area contributed by atoms with Gasteiger partial charge in [0.05, 0.1) is 17.7 Å². The second-order valence-corrected chi connectivity index (χ2v) is 6.31. The SMILES string of the molecule is COc1ccc(C2CC2C(=O)Nc2ccc(Cl)c(C(F)(F)F)c2)cc1. The second-order valence-electron chi connectivity index (χ2n) is 5.90. The third kappa shape index (κ3) is 3.90. The molecule has 3 rings (SSSR count). The monoisotopic (exact) mass is 369 g/mol. The number of carbonyl (C=O) groups excluding carboxylic acids is 1. The lowest BCUT2D eigenvalue weighted by molar-refractivity contribution is -0.137. The number of benzene rings is 2. The lowest BCUT2D eigenvalue weighted by Gasteiger charge is -2.12. The number of alkyl halides is 3. The number of ether oxygens (including phenoxy) is 1. The first kappa shape index (κ1) is 17.6. The lowest BCUT2D eigenvalue weighted by Crippen LogP contribution is -2.15. The molecule has 3 nitrogen and oxygen atoms in total. The molecule has 0 bridgehead atoms. The van der Waals surface area contributed by atoms with E-state index in [2.05, 4.69) is 5.32 Å². The highest BCUT2D eigenvalue weighted by Crippen LogP contribution is 2.48. The minimum atomic E-state index is -4.57. The molecule has 0 aromatic heterocycles. The highest BCUT2D eigenvalue weighted by Gasteiger charge is 2.44. The van der Waals surface area contributed by atoms with Gasteiger partial charge in [0.2, 0.25) is 5.91 Å². The highest BCUT2D eigenvalue weighted by molar-refractivity contribution is 6.31. The average Bonchev–Trinajstić information content (AvgIpc) is 3.36. The molecule has 1 N–H and O–H groups in total. The summed E-state index contributed by atoms with van der Waals surface area (Å²) >= 11 is 5.58. The highest BCUT2D eigenvalue weighted by atomic mass is 35.5. The van der Waals surface area contributed by atoms with Gasteiger partial charge in [-0.3, -0.25) is 4.79 Å². The fourth-order valence-corrected chi connectivity index (χ4v) is 2.98. The van der Waals surface area contributed by atoms with Crippen LogP contribution in [0.3, 0.4) is 0 Å². The minimum absolute atomic E-state index is 0.0697. The summed E-state index contributed by atoms with van der Waals surface area (Å²) in [5.74, 6) is 0.251. The van der Waals surface area contributed by atoms with Crippen LogP contribution in [0.5, 0.6) is 5.75 Å². The van der Waals surface area contributed by atoms with E-state index in [1.54, 1.807) is 7.11 Å². The molecule has 1 aliphatic carbocycles. The lowest BCUT2D eigenvalue weighted by atomic mass is 10.1. The number of hydrogen-bond donors (Lipinski definition) is 1. The van der Waals surface area contributed by atoms with E-state index in [0.717, 1.165) is 23.4 Å². The number of anilines is 1. The van der Waals surface area contributed by atoms with E-state index in [1.165, 1.54) is 6.07 Å². The Balaban J connectivity index is 1.67. The fourth-order valence-electron chi connectivity index (χ4n) is 2.76. The van der Waals surface area contributed by atoms with Crippen LogP contribution in [0.25, 0.3) is 0 Å². The van der Waals surface area contributed by atoms with Crippen LogP contribution in [0.2, 0.25) is 5.02 Å². The molecule has 0 heterocycles. The van der Waals surface area contributed by atoms with Crippen molar-refractivity contribution in [1.82, 2.24) is 0 Å². The molecule has 0 radical (unpaired) electrons. The maximum Gasteiger partial charge on any atom is 0.417 e. The van der Waals surface area contributed by atoms with Crippen LogP contribution in [0, 0.1) is 5.92 Å². The Labute approximate surface area is 147 Å². The Hall–Kier alpha value is -2.21. The molecule has 132 valence electrons. The molecule has 0 spiro atoms.